The van der Waals surface area contributed by atoms with Crippen LogP contribution < -0.4 is 11.1 Å². The Morgan fingerprint density at radius 1 is 1.23 bits per heavy atom. The van der Waals surface area contributed by atoms with Crippen LogP contribution in [0.5, 0.6) is 0 Å². The van der Waals surface area contributed by atoms with Crippen molar-refractivity contribution in [2.24, 2.45) is 23.5 Å². The van der Waals surface area contributed by atoms with Gasteiger partial charge in [-0.05, 0) is 31.1 Å². The van der Waals surface area contributed by atoms with Crippen molar-refractivity contribution in [3.05, 3.63) is 0 Å². The van der Waals surface area contributed by atoms with Crippen LogP contribution >= 0.6 is 11.8 Å². The lowest BCUT2D eigenvalue weighted by atomic mass is 9.84. The molecule has 3 fully saturated rings. The monoisotopic (exact) mass is 347 g/mol. The molecule has 3 rings (SSSR count). The molecule has 0 spiro atoms. The van der Waals surface area contributed by atoms with E-state index in [1.54, 1.807) is 16.1 Å². The van der Waals surface area contributed by atoms with Gasteiger partial charge in [0.25, 0.3) is 0 Å². The Kier molecular flexibility index (Phi) is 5.01. The summed E-state index contributed by atoms with van der Waals surface area (Å²) >= 11 is 1.78. The lowest BCUT2D eigenvalue weighted by Crippen LogP contribution is -2.47. The molecule has 4 unspecified atom stereocenters. The standard InChI is InChI=1S/C14H25N3O3S2/c15-13-11-2-1-10(9-11)12(13)14(18)16-3-8-22(19,20)17-4-6-21-7-5-17/h10-13H,1-9,15H2,(H,16,18). The normalized spacial score (nSPS) is 35.7. The lowest BCUT2D eigenvalue weighted by Gasteiger charge is -2.28. The average Bonchev–Trinajstić information content (AvgIpc) is 3.08. The van der Waals surface area contributed by atoms with Crippen molar-refractivity contribution in [2.45, 2.75) is 25.3 Å². The van der Waals surface area contributed by atoms with Crippen molar-refractivity contribution in [3.63, 3.8) is 0 Å². The highest BCUT2D eigenvalue weighted by molar-refractivity contribution is 7.99. The van der Waals surface area contributed by atoms with Gasteiger partial charge in [0.05, 0.1) is 11.7 Å². The second kappa shape index (κ2) is 6.67. The summed E-state index contributed by atoms with van der Waals surface area (Å²) in [5.74, 6) is 2.40. The molecule has 0 aromatic rings. The van der Waals surface area contributed by atoms with Crippen LogP contribution in [0.25, 0.3) is 0 Å². The average molecular weight is 348 g/mol. The summed E-state index contributed by atoms with van der Waals surface area (Å²) in [5.41, 5.74) is 6.15. The Morgan fingerprint density at radius 3 is 2.55 bits per heavy atom. The van der Waals surface area contributed by atoms with E-state index in [1.165, 1.54) is 0 Å². The van der Waals surface area contributed by atoms with Gasteiger partial charge in [-0.1, -0.05) is 0 Å². The number of nitrogens with one attached hydrogen (secondary N) is 1. The minimum absolute atomic E-state index is 0.0144. The maximum Gasteiger partial charge on any atom is 0.225 e. The number of carbonyl (C=O) groups excluding carboxylic acids is 1. The predicted octanol–water partition coefficient (Wildman–Crippen LogP) is -0.145. The van der Waals surface area contributed by atoms with E-state index >= 15 is 0 Å². The summed E-state index contributed by atoms with van der Waals surface area (Å²) in [5, 5.41) is 2.81. The molecule has 22 heavy (non-hydrogen) atoms. The van der Waals surface area contributed by atoms with Gasteiger partial charge < -0.3 is 11.1 Å². The topological polar surface area (TPSA) is 92.5 Å². The molecule has 2 bridgehead atoms. The zero-order valence-corrected chi connectivity index (χ0v) is 14.4. The van der Waals surface area contributed by atoms with Crippen LogP contribution in [0.1, 0.15) is 19.3 Å². The third kappa shape index (κ3) is 3.29. The van der Waals surface area contributed by atoms with E-state index in [-0.39, 0.29) is 30.2 Å². The molecule has 3 N–H and O–H groups in total. The molecule has 8 heteroatoms. The molecule has 1 heterocycles. The summed E-state index contributed by atoms with van der Waals surface area (Å²) in [4.78, 5) is 12.3. The van der Waals surface area contributed by atoms with Crippen LogP contribution in [0.3, 0.4) is 0 Å². The molecule has 0 aromatic carbocycles. The summed E-state index contributed by atoms with van der Waals surface area (Å²) in [6, 6.07) is -0.0468. The van der Waals surface area contributed by atoms with Crippen LogP contribution in [0.4, 0.5) is 0 Å². The Balaban J connectivity index is 1.47. The molecule has 0 radical (unpaired) electrons. The van der Waals surface area contributed by atoms with E-state index in [9.17, 15) is 13.2 Å². The van der Waals surface area contributed by atoms with Crippen LogP contribution in [0, 0.1) is 17.8 Å². The fourth-order valence-corrected chi connectivity index (χ4v) is 6.59. The van der Waals surface area contributed by atoms with Gasteiger partial charge in [-0.3, -0.25) is 4.79 Å². The minimum atomic E-state index is -3.25. The Morgan fingerprint density at radius 2 is 1.91 bits per heavy atom. The van der Waals surface area contributed by atoms with Crippen molar-refractivity contribution < 1.29 is 13.2 Å². The third-order valence-electron chi connectivity index (χ3n) is 5.31. The van der Waals surface area contributed by atoms with E-state index in [2.05, 4.69) is 5.32 Å². The molecule has 1 saturated heterocycles. The maximum absolute atomic E-state index is 12.3. The van der Waals surface area contributed by atoms with Crippen LogP contribution in [-0.2, 0) is 14.8 Å². The van der Waals surface area contributed by atoms with E-state index in [0.29, 0.717) is 24.9 Å². The fourth-order valence-electron chi connectivity index (χ4n) is 4.10. The van der Waals surface area contributed by atoms with Gasteiger partial charge in [0.15, 0.2) is 0 Å². The molecule has 0 aromatic heterocycles. The highest BCUT2D eigenvalue weighted by atomic mass is 32.2. The molecular formula is C14H25N3O3S2. The fraction of sp³-hybridized carbons (Fsp3) is 0.929. The molecule has 3 aliphatic rings. The van der Waals surface area contributed by atoms with Gasteiger partial charge in [-0.2, -0.15) is 11.8 Å². The Labute approximate surface area is 136 Å². The lowest BCUT2D eigenvalue weighted by molar-refractivity contribution is -0.126. The van der Waals surface area contributed by atoms with Crippen molar-refractivity contribution in [1.29, 1.82) is 0 Å². The number of thioether (sulfide) groups is 1. The van der Waals surface area contributed by atoms with Gasteiger partial charge in [0, 0.05) is 37.2 Å². The van der Waals surface area contributed by atoms with Gasteiger partial charge in [0.2, 0.25) is 15.9 Å². The number of fused-ring (bicyclic) bond motifs is 2. The largest absolute Gasteiger partial charge is 0.355 e. The van der Waals surface area contributed by atoms with E-state index in [4.69, 9.17) is 5.73 Å². The third-order valence-corrected chi connectivity index (χ3v) is 8.12. The van der Waals surface area contributed by atoms with Gasteiger partial charge in [-0.15, -0.1) is 0 Å². The van der Waals surface area contributed by atoms with E-state index in [1.807, 2.05) is 0 Å². The number of nitrogens with zero attached hydrogens (tertiary/aromatic N) is 1. The predicted molar refractivity (Wildman–Crippen MR) is 88.0 cm³/mol. The molecule has 2 saturated carbocycles. The Bertz CT molecular complexity index is 517. The van der Waals surface area contributed by atoms with Crippen LogP contribution in [0.2, 0.25) is 0 Å². The number of sulfonamides is 1. The molecule has 1 aliphatic heterocycles. The summed E-state index contributed by atoms with van der Waals surface area (Å²) in [7, 11) is -3.25. The van der Waals surface area contributed by atoms with E-state index in [0.717, 1.165) is 30.8 Å². The first-order valence-corrected chi connectivity index (χ1v) is 10.8. The zero-order valence-electron chi connectivity index (χ0n) is 12.7. The Hall–Kier alpha value is -0.310. The summed E-state index contributed by atoms with van der Waals surface area (Å²) in [6.07, 6.45) is 3.28. The van der Waals surface area contributed by atoms with Crippen molar-refractivity contribution in [3.8, 4) is 0 Å². The van der Waals surface area contributed by atoms with Gasteiger partial charge in [-0.25, -0.2) is 12.7 Å². The molecule has 6 nitrogen and oxygen atoms in total. The maximum atomic E-state index is 12.3. The number of amides is 1. The van der Waals surface area contributed by atoms with Crippen molar-refractivity contribution >= 4 is 27.7 Å². The molecule has 2 aliphatic carbocycles. The molecule has 1 amide bonds. The van der Waals surface area contributed by atoms with E-state index < -0.39 is 10.0 Å². The number of nitrogens with two attached hydrogens (primary N) is 1. The molecule has 4 atom stereocenters. The van der Waals surface area contributed by atoms with Gasteiger partial charge >= 0.3 is 0 Å². The highest BCUT2D eigenvalue weighted by Crippen LogP contribution is 2.47. The second-order valence-electron chi connectivity index (χ2n) is 6.55. The van der Waals surface area contributed by atoms with Crippen molar-refractivity contribution in [1.82, 2.24) is 9.62 Å². The second-order valence-corrected chi connectivity index (χ2v) is 9.87. The first kappa shape index (κ1) is 16.5. The summed E-state index contributed by atoms with van der Waals surface area (Å²) < 4.78 is 26.0. The SMILES string of the molecule is NC1C2CCC(C2)C1C(=O)NCCS(=O)(=O)N1CCSCC1. The number of rotatable bonds is 5. The van der Waals surface area contributed by atoms with Crippen LogP contribution in [-0.4, -0.2) is 61.6 Å². The number of hydrogen-bond donors (Lipinski definition) is 2. The first-order valence-electron chi connectivity index (χ1n) is 8.08. The summed E-state index contributed by atoms with van der Waals surface area (Å²) in [6.45, 7) is 1.35. The molecule has 126 valence electrons. The van der Waals surface area contributed by atoms with Crippen LogP contribution in [0.15, 0.2) is 0 Å². The first-order chi connectivity index (χ1) is 10.5. The smallest absolute Gasteiger partial charge is 0.225 e. The van der Waals surface area contributed by atoms with Gasteiger partial charge in [0.1, 0.15) is 0 Å². The number of hydrogen-bond acceptors (Lipinski definition) is 5. The highest BCUT2D eigenvalue weighted by Gasteiger charge is 2.48. The minimum Gasteiger partial charge on any atom is -0.355 e. The quantitative estimate of drug-likeness (QED) is 0.722. The number of carbonyl (C=O) groups is 1. The van der Waals surface area contributed by atoms with Crippen molar-refractivity contribution in [2.75, 3.05) is 36.9 Å². The molecular weight excluding hydrogens is 322 g/mol. The zero-order chi connectivity index (χ0) is 15.7.